The molecule has 4 heteroatoms. The Morgan fingerprint density at radius 1 is 1.19 bits per heavy atom. The molecule has 0 aliphatic heterocycles. The van der Waals surface area contributed by atoms with Crippen molar-refractivity contribution in [3.05, 3.63) is 35.9 Å². The molecule has 0 radical (unpaired) electrons. The van der Waals surface area contributed by atoms with E-state index in [2.05, 4.69) is 21.1 Å². The second-order valence-corrected chi connectivity index (χ2v) is 4.52. The molecule has 0 saturated heterocycles. The Kier molecular flexibility index (Phi) is 6.08. The van der Waals surface area contributed by atoms with E-state index in [1.165, 1.54) is 0 Å². The fraction of sp³-hybridized carbons (Fsp3) is 0.417. The van der Waals surface area contributed by atoms with Gasteiger partial charge >= 0.3 is 5.97 Å². The third-order valence-corrected chi connectivity index (χ3v) is 2.00. The molecule has 1 aromatic carbocycles. The molecule has 1 rings (SSSR count). The molecule has 1 aromatic rings. The number of likely N-dealkylation sites (N-methyl/N-ethyl adjacent to an activating group) is 1. The van der Waals surface area contributed by atoms with Crippen LogP contribution in [0.25, 0.3) is 0 Å². The highest BCUT2D eigenvalue weighted by Crippen LogP contribution is 2.01. The van der Waals surface area contributed by atoms with Crippen molar-refractivity contribution < 1.29 is 14.0 Å². The van der Waals surface area contributed by atoms with E-state index in [1.807, 2.05) is 18.2 Å². The van der Waals surface area contributed by atoms with Crippen molar-refractivity contribution in [1.82, 2.24) is 0 Å². The first-order valence-electron chi connectivity index (χ1n) is 5.02. The molecule has 0 atom stereocenters. The summed E-state index contributed by atoms with van der Waals surface area (Å²) in [6.07, 6.45) is 0. The maximum Gasteiger partial charge on any atom is 0.338 e. The summed E-state index contributed by atoms with van der Waals surface area (Å²) < 4.78 is 5.94. The molecule has 0 aromatic heterocycles. The lowest BCUT2D eigenvalue weighted by Crippen LogP contribution is -2.38. The van der Waals surface area contributed by atoms with Crippen LogP contribution in [-0.4, -0.2) is 44.7 Å². The average molecular weight is 245 g/mol. The van der Waals surface area contributed by atoms with Crippen molar-refractivity contribution in [2.45, 2.75) is 0 Å². The van der Waals surface area contributed by atoms with Crippen molar-refractivity contribution in [3.63, 3.8) is 0 Å². The summed E-state index contributed by atoms with van der Waals surface area (Å²) in [5, 5.41) is 0. The average Bonchev–Trinajstić information content (AvgIpc) is 2.17. The standard InChI is InChI=1S/C12H18NO2.ClH/c1-13(2,3)9-10-15-12(14)11-7-5-4-6-8-11;/h4-8H,9-10H2,1-3H3;1H/q+1;. The summed E-state index contributed by atoms with van der Waals surface area (Å²) in [7, 11) is 6.20. The first-order valence-corrected chi connectivity index (χ1v) is 5.02. The number of quaternary nitrogens is 1. The summed E-state index contributed by atoms with van der Waals surface area (Å²) in [5.41, 5.74) is 0.610. The molecular weight excluding hydrogens is 226 g/mol. The number of halogens is 1. The minimum Gasteiger partial charge on any atom is -0.456 e. The minimum atomic E-state index is -0.246. The lowest BCUT2D eigenvalue weighted by Gasteiger charge is -2.23. The van der Waals surface area contributed by atoms with Gasteiger partial charge in [0.25, 0.3) is 0 Å². The first-order chi connectivity index (χ1) is 6.99. The van der Waals surface area contributed by atoms with Gasteiger partial charge in [0.1, 0.15) is 13.2 Å². The highest BCUT2D eigenvalue weighted by Gasteiger charge is 2.10. The van der Waals surface area contributed by atoms with Gasteiger partial charge in [0.2, 0.25) is 0 Å². The maximum atomic E-state index is 11.5. The third-order valence-electron chi connectivity index (χ3n) is 2.00. The zero-order valence-corrected chi connectivity index (χ0v) is 10.8. The molecule has 0 aliphatic carbocycles. The fourth-order valence-electron chi connectivity index (χ4n) is 1.07. The highest BCUT2D eigenvalue weighted by atomic mass is 35.5. The molecule has 0 N–H and O–H groups in total. The summed E-state index contributed by atoms with van der Waals surface area (Å²) in [5.74, 6) is -0.246. The normalized spacial score (nSPS) is 10.4. The van der Waals surface area contributed by atoms with E-state index in [9.17, 15) is 4.79 Å². The number of hydrogen-bond acceptors (Lipinski definition) is 2. The van der Waals surface area contributed by atoms with Crippen molar-refractivity contribution in [2.75, 3.05) is 34.3 Å². The predicted octanol–water partition coefficient (Wildman–Crippen LogP) is 1.97. The van der Waals surface area contributed by atoms with Gasteiger partial charge in [0.15, 0.2) is 0 Å². The van der Waals surface area contributed by atoms with Crippen LogP contribution < -0.4 is 0 Å². The number of ether oxygens (including phenoxy) is 1. The molecule has 0 heterocycles. The Morgan fingerprint density at radius 3 is 2.25 bits per heavy atom. The topological polar surface area (TPSA) is 26.3 Å². The number of carbonyl (C=O) groups excluding carboxylic acids is 1. The Hall–Kier alpha value is -1.06. The van der Waals surface area contributed by atoms with Crippen LogP contribution in [0.4, 0.5) is 0 Å². The van der Waals surface area contributed by atoms with Crippen molar-refractivity contribution in [1.29, 1.82) is 0 Å². The Balaban J connectivity index is 0.00000225. The van der Waals surface area contributed by atoms with Gasteiger partial charge < -0.3 is 9.22 Å². The van der Waals surface area contributed by atoms with Crippen LogP contribution in [0.2, 0.25) is 0 Å². The van der Waals surface area contributed by atoms with E-state index in [0.29, 0.717) is 12.2 Å². The summed E-state index contributed by atoms with van der Waals surface area (Å²) in [6, 6.07) is 9.05. The second-order valence-electron chi connectivity index (χ2n) is 4.52. The van der Waals surface area contributed by atoms with Gasteiger partial charge in [0, 0.05) is 0 Å². The Bertz CT molecular complexity index is 320. The van der Waals surface area contributed by atoms with E-state index in [0.717, 1.165) is 11.0 Å². The minimum absolute atomic E-state index is 0. The lowest BCUT2D eigenvalue weighted by atomic mass is 10.2. The summed E-state index contributed by atoms with van der Waals surface area (Å²) in [6.45, 7) is 1.27. The van der Waals surface area contributed by atoms with E-state index in [1.54, 1.807) is 12.1 Å². The van der Waals surface area contributed by atoms with Crippen LogP contribution in [0.1, 0.15) is 10.4 Å². The SMILES string of the molecule is C[N+](C)(C)CCOC(=O)c1ccccc1.Cl. The van der Waals surface area contributed by atoms with Gasteiger partial charge in [-0.15, -0.1) is 12.4 Å². The molecule has 90 valence electrons. The molecule has 0 amide bonds. The fourth-order valence-corrected chi connectivity index (χ4v) is 1.07. The van der Waals surface area contributed by atoms with Crippen molar-refractivity contribution in [2.24, 2.45) is 0 Å². The molecule has 0 spiro atoms. The Labute approximate surface area is 103 Å². The van der Waals surface area contributed by atoms with Crippen LogP contribution in [0.5, 0.6) is 0 Å². The molecule has 0 fully saturated rings. The molecule has 0 unspecified atom stereocenters. The highest BCUT2D eigenvalue weighted by molar-refractivity contribution is 5.89. The summed E-state index contributed by atoms with van der Waals surface area (Å²) in [4.78, 5) is 11.5. The van der Waals surface area contributed by atoms with Gasteiger partial charge in [-0.25, -0.2) is 4.79 Å². The largest absolute Gasteiger partial charge is 0.456 e. The van der Waals surface area contributed by atoms with Crippen LogP contribution in [0.3, 0.4) is 0 Å². The smallest absolute Gasteiger partial charge is 0.338 e. The second kappa shape index (κ2) is 6.51. The van der Waals surface area contributed by atoms with Crippen molar-refractivity contribution >= 4 is 18.4 Å². The summed E-state index contributed by atoms with van der Waals surface area (Å²) >= 11 is 0. The molecule has 16 heavy (non-hydrogen) atoms. The predicted molar refractivity (Wildman–Crippen MR) is 66.9 cm³/mol. The third kappa shape index (κ3) is 5.73. The number of carbonyl (C=O) groups is 1. The van der Waals surface area contributed by atoms with E-state index in [-0.39, 0.29) is 18.4 Å². The van der Waals surface area contributed by atoms with Gasteiger partial charge in [-0.2, -0.15) is 0 Å². The molecule has 3 nitrogen and oxygen atoms in total. The number of hydrogen-bond donors (Lipinski definition) is 0. The van der Waals surface area contributed by atoms with Gasteiger partial charge in [-0.1, -0.05) is 18.2 Å². The van der Waals surface area contributed by atoms with Crippen LogP contribution in [-0.2, 0) is 4.74 Å². The van der Waals surface area contributed by atoms with Gasteiger partial charge in [-0.3, -0.25) is 0 Å². The van der Waals surface area contributed by atoms with Crippen molar-refractivity contribution in [3.8, 4) is 0 Å². The molecule has 0 aliphatic rings. The van der Waals surface area contributed by atoms with Crippen LogP contribution in [0, 0.1) is 0 Å². The lowest BCUT2D eigenvalue weighted by molar-refractivity contribution is -0.870. The van der Waals surface area contributed by atoms with Gasteiger partial charge in [0.05, 0.1) is 26.7 Å². The molecule has 0 bridgehead atoms. The number of nitrogens with zero attached hydrogens (tertiary/aromatic N) is 1. The first kappa shape index (κ1) is 14.9. The van der Waals surface area contributed by atoms with Gasteiger partial charge in [-0.05, 0) is 12.1 Å². The Morgan fingerprint density at radius 2 is 1.75 bits per heavy atom. The van der Waals surface area contributed by atoms with Crippen LogP contribution in [0.15, 0.2) is 30.3 Å². The van der Waals surface area contributed by atoms with E-state index < -0.39 is 0 Å². The zero-order chi connectivity index (χ0) is 11.3. The van der Waals surface area contributed by atoms with E-state index >= 15 is 0 Å². The quantitative estimate of drug-likeness (QED) is 0.598. The van der Waals surface area contributed by atoms with Crippen LogP contribution >= 0.6 is 12.4 Å². The van der Waals surface area contributed by atoms with E-state index in [4.69, 9.17) is 4.74 Å². The number of esters is 1. The molecular formula is C12H19ClNO2+. The monoisotopic (exact) mass is 244 g/mol. The number of benzene rings is 1. The zero-order valence-electron chi connectivity index (χ0n) is 9.97. The molecule has 0 saturated carbocycles. The number of rotatable bonds is 4. The maximum absolute atomic E-state index is 11.5.